The van der Waals surface area contributed by atoms with E-state index in [9.17, 15) is 23.6 Å². The van der Waals surface area contributed by atoms with Crippen molar-refractivity contribution >= 4 is 41.2 Å². The minimum atomic E-state index is -0.873. The van der Waals surface area contributed by atoms with Gasteiger partial charge in [0.2, 0.25) is 0 Å². The van der Waals surface area contributed by atoms with Crippen molar-refractivity contribution in [2.45, 2.75) is 6.92 Å². The number of rotatable bonds is 7. The molecule has 1 saturated heterocycles. The summed E-state index contributed by atoms with van der Waals surface area (Å²) in [7, 11) is 1.40. The van der Waals surface area contributed by atoms with Gasteiger partial charge in [-0.25, -0.2) is 14.1 Å². The van der Waals surface area contributed by atoms with Gasteiger partial charge in [0.1, 0.15) is 11.4 Å². The fourth-order valence-electron chi connectivity index (χ4n) is 3.68. The minimum Gasteiger partial charge on any atom is -0.493 e. The van der Waals surface area contributed by atoms with E-state index in [1.807, 2.05) is 0 Å². The topological polar surface area (TPSA) is 114 Å². The molecule has 0 bridgehead atoms. The molecule has 9 nitrogen and oxygen atoms in total. The van der Waals surface area contributed by atoms with Crippen LogP contribution in [-0.4, -0.2) is 37.5 Å². The lowest BCUT2D eigenvalue weighted by Crippen LogP contribution is -2.54. The molecule has 10 heteroatoms. The van der Waals surface area contributed by atoms with Gasteiger partial charge in [0.15, 0.2) is 18.1 Å². The van der Waals surface area contributed by atoms with Crippen molar-refractivity contribution in [1.29, 1.82) is 0 Å². The molecule has 3 aromatic rings. The number of urea groups is 1. The molecule has 1 aliphatic rings. The summed E-state index contributed by atoms with van der Waals surface area (Å²) in [6.45, 7) is 1.29. The first kappa shape index (κ1) is 25.1. The molecule has 1 heterocycles. The van der Waals surface area contributed by atoms with Crippen LogP contribution in [0.2, 0.25) is 0 Å². The van der Waals surface area contributed by atoms with Gasteiger partial charge >= 0.3 is 6.03 Å². The number of hydrogen-bond donors (Lipinski definition) is 2. The van der Waals surface area contributed by atoms with Crippen molar-refractivity contribution in [3.8, 4) is 11.5 Å². The second-order valence-corrected chi connectivity index (χ2v) is 7.97. The summed E-state index contributed by atoms with van der Waals surface area (Å²) in [5.74, 6) is -2.30. The molecule has 0 radical (unpaired) electrons. The zero-order chi connectivity index (χ0) is 26.5. The fraction of sp³-hybridized carbons (Fsp3) is 0.111. The third-order valence-electron chi connectivity index (χ3n) is 5.46. The van der Waals surface area contributed by atoms with Gasteiger partial charge < -0.3 is 14.8 Å². The van der Waals surface area contributed by atoms with Gasteiger partial charge in [0.05, 0.1) is 12.8 Å². The van der Waals surface area contributed by atoms with Gasteiger partial charge in [-0.15, -0.1) is 0 Å². The fourth-order valence-corrected chi connectivity index (χ4v) is 3.68. The van der Waals surface area contributed by atoms with Gasteiger partial charge in [-0.05, 0) is 55.0 Å². The van der Waals surface area contributed by atoms with Crippen LogP contribution in [0.1, 0.15) is 11.1 Å². The molecule has 0 spiro atoms. The number of halogens is 1. The Hall–Kier alpha value is -4.99. The minimum absolute atomic E-state index is 0.103. The number of ether oxygens (including phenoxy) is 2. The molecule has 3 aromatic carbocycles. The van der Waals surface area contributed by atoms with Crippen molar-refractivity contribution < 1.29 is 33.0 Å². The highest BCUT2D eigenvalue weighted by molar-refractivity contribution is 6.39. The summed E-state index contributed by atoms with van der Waals surface area (Å²) in [4.78, 5) is 51.7. The second kappa shape index (κ2) is 10.7. The van der Waals surface area contributed by atoms with Crippen LogP contribution in [0.3, 0.4) is 0 Å². The maximum atomic E-state index is 13.3. The molecule has 0 aromatic heterocycles. The summed E-state index contributed by atoms with van der Waals surface area (Å²) in [5, 5.41) is 4.76. The lowest BCUT2D eigenvalue weighted by Gasteiger charge is -2.27. The Morgan fingerprint density at radius 3 is 2.46 bits per heavy atom. The van der Waals surface area contributed by atoms with Crippen LogP contribution in [0.4, 0.5) is 20.6 Å². The van der Waals surface area contributed by atoms with Crippen LogP contribution in [-0.2, 0) is 14.4 Å². The molecule has 37 heavy (non-hydrogen) atoms. The van der Waals surface area contributed by atoms with E-state index in [1.165, 1.54) is 37.5 Å². The lowest BCUT2D eigenvalue weighted by atomic mass is 10.0. The molecule has 1 fully saturated rings. The summed E-state index contributed by atoms with van der Waals surface area (Å²) in [5.41, 5.74) is 1.34. The summed E-state index contributed by atoms with van der Waals surface area (Å²) < 4.78 is 24.1. The van der Waals surface area contributed by atoms with Crippen LogP contribution >= 0.6 is 0 Å². The highest BCUT2D eigenvalue weighted by Gasteiger charge is 2.37. The van der Waals surface area contributed by atoms with E-state index in [0.717, 1.165) is 4.90 Å². The van der Waals surface area contributed by atoms with E-state index in [1.54, 1.807) is 49.4 Å². The largest absolute Gasteiger partial charge is 0.493 e. The quantitative estimate of drug-likeness (QED) is 0.374. The number of methoxy groups -OCH3 is 1. The number of nitrogens with zero attached hydrogens (tertiary/aromatic N) is 1. The molecule has 5 amide bonds. The third kappa shape index (κ3) is 5.48. The van der Waals surface area contributed by atoms with E-state index in [-0.39, 0.29) is 22.6 Å². The number of imide groups is 2. The predicted octanol–water partition coefficient (Wildman–Crippen LogP) is 3.83. The van der Waals surface area contributed by atoms with Gasteiger partial charge in [-0.1, -0.05) is 30.3 Å². The number of aryl methyl sites for hydroxylation is 1. The Kier molecular flexibility index (Phi) is 7.28. The Balaban J connectivity index is 1.62. The zero-order valence-corrected chi connectivity index (χ0v) is 19.9. The Labute approximate surface area is 211 Å². The summed E-state index contributed by atoms with van der Waals surface area (Å²) in [6.07, 6.45) is 1.27. The van der Waals surface area contributed by atoms with E-state index in [2.05, 4.69) is 10.6 Å². The van der Waals surface area contributed by atoms with Gasteiger partial charge in [0, 0.05) is 11.3 Å². The first-order valence-corrected chi connectivity index (χ1v) is 11.1. The standard InChI is InChI=1S/C27H22FN3O6/c1-16-6-3-4-8-21(16)31-26(34)20(25(33)30-27(31)35)14-17-7-5-9-22(36-2)24(17)37-15-23(32)29-19-12-10-18(28)11-13-19/h3-14H,15H2,1-2H3,(H,29,32)(H,30,33,35)/b20-14+. The number of carbonyl (C=O) groups excluding carboxylic acids is 4. The number of barbiturate groups is 1. The number of amides is 5. The van der Waals surface area contributed by atoms with E-state index < -0.39 is 36.2 Å². The van der Waals surface area contributed by atoms with E-state index >= 15 is 0 Å². The monoisotopic (exact) mass is 503 g/mol. The summed E-state index contributed by atoms with van der Waals surface area (Å²) >= 11 is 0. The molecule has 0 atom stereocenters. The third-order valence-corrected chi connectivity index (χ3v) is 5.46. The maximum Gasteiger partial charge on any atom is 0.335 e. The van der Waals surface area contributed by atoms with Crippen molar-refractivity contribution in [3.05, 3.63) is 89.2 Å². The number of carbonyl (C=O) groups is 4. The Morgan fingerprint density at radius 1 is 1.03 bits per heavy atom. The highest BCUT2D eigenvalue weighted by atomic mass is 19.1. The van der Waals surface area contributed by atoms with Crippen LogP contribution in [0.15, 0.2) is 72.3 Å². The zero-order valence-electron chi connectivity index (χ0n) is 19.9. The van der Waals surface area contributed by atoms with Gasteiger partial charge in [0.25, 0.3) is 17.7 Å². The maximum absolute atomic E-state index is 13.3. The van der Waals surface area contributed by atoms with Crippen LogP contribution in [0.5, 0.6) is 11.5 Å². The first-order valence-electron chi connectivity index (χ1n) is 11.1. The van der Waals surface area contributed by atoms with Crippen molar-refractivity contribution in [3.63, 3.8) is 0 Å². The Morgan fingerprint density at radius 2 is 1.76 bits per heavy atom. The molecular formula is C27H22FN3O6. The number of anilines is 2. The molecule has 1 aliphatic heterocycles. The smallest absolute Gasteiger partial charge is 0.335 e. The number of nitrogens with one attached hydrogen (secondary N) is 2. The SMILES string of the molecule is COc1cccc(/C=C2\C(=O)NC(=O)N(c3ccccc3C)C2=O)c1OCC(=O)Nc1ccc(F)cc1. The normalized spacial score (nSPS) is 14.4. The van der Waals surface area contributed by atoms with Crippen LogP contribution < -0.4 is 25.0 Å². The number of benzene rings is 3. The van der Waals surface area contributed by atoms with Crippen LogP contribution in [0.25, 0.3) is 6.08 Å². The van der Waals surface area contributed by atoms with Gasteiger partial charge in [-0.3, -0.25) is 19.7 Å². The van der Waals surface area contributed by atoms with Crippen molar-refractivity contribution in [1.82, 2.24) is 5.32 Å². The average Bonchev–Trinajstić information content (AvgIpc) is 2.87. The molecule has 4 rings (SSSR count). The molecule has 188 valence electrons. The molecule has 0 saturated carbocycles. The van der Waals surface area contributed by atoms with Gasteiger partial charge in [-0.2, -0.15) is 0 Å². The van der Waals surface area contributed by atoms with Crippen molar-refractivity contribution in [2.24, 2.45) is 0 Å². The molecule has 0 unspecified atom stereocenters. The lowest BCUT2D eigenvalue weighted by molar-refractivity contribution is -0.122. The highest BCUT2D eigenvalue weighted by Crippen LogP contribution is 2.34. The molecule has 0 aliphatic carbocycles. The summed E-state index contributed by atoms with van der Waals surface area (Å²) in [6, 6.07) is 15.9. The van der Waals surface area contributed by atoms with Crippen LogP contribution in [0, 0.1) is 12.7 Å². The number of para-hydroxylation sites is 2. The molecular weight excluding hydrogens is 481 g/mol. The average molecular weight is 503 g/mol. The van der Waals surface area contributed by atoms with E-state index in [0.29, 0.717) is 16.9 Å². The molecule has 2 N–H and O–H groups in total. The number of hydrogen-bond acceptors (Lipinski definition) is 6. The Bertz CT molecular complexity index is 1420. The van der Waals surface area contributed by atoms with E-state index in [4.69, 9.17) is 9.47 Å². The second-order valence-electron chi connectivity index (χ2n) is 7.97. The van der Waals surface area contributed by atoms with Crippen molar-refractivity contribution in [2.75, 3.05) is 23.9 Å². The predicted molar refractivity (Wildman–Crippen MR) is 134 cm³/mol. The first-order chi connectivity index (χ1) is 17.8.